The Hall–Kier alpha value is -1.94. The lowest BCUT2D eigenvalue weighted by Crippen LogP contribution is -2.47. The van der Waals surface area contributed by atoms with Crippen molar-refractivity contribution >= 4 is 16.9 Å². The van der Waals surface area contributed by atoms with Gasteiger partial charge in [-0.3, -0.25) is 14.7 Å². The van der Waals surface area contributed by atoms with E-state index in [4.69, 9.17) is 0 Å². The van der Waals surface area contributed by atoms with Crippen LogP contribution in [0.1, 0.15) is 31.0 Å². The molecule has 21 heavy (non-hydrogen) atoms. The molecule has 1 fully saturated rings. The fraction of sp³-hybridized carbons (Fsp3) is 0.412. The van der Waals surface area contributed by atoms with Crippen LogP contribution in [-0.2, 0) is 11.3 Å². The van der Waals surface area contributed by atoms with Crippen LogP contribution in [0.3, 0.4) is 0 Å². The Kier molecular flexibility index (Phi) is 3.41. The van der Waals surface area contributed by atoms with Gasteiger partial charge in [0.1, 0.15) is 5.54 Å². The molecule has 3 rings (SSSR count). The number of fused-ring (bicyclic) bond motifs is 1. The third kappa shape index (κ3) is 2.40. The first-order chi connectivity index (χ1) is 10.0. The van der Waals surface area contributed by atoms with Crippen molar-refractivity contribution in [2.75, 3.05) is 6.54 Å². The first kappa shape index (κ1) is 14.0. The number of hydrogen-bond acceptors (Lipinski definition) is 3. The van der Waals surface area contributed by atoms with Gasteiger partial charge in [0.2, 0.25) is 0 Å². The van der Waals surface area contributed by atoms with E-state index in [1.54, 1.807) is 0 Å². The second kappa shape index (κ2) is 5.11. The predicted molar refractivity (Wildman–Crippen MR) is 82.2 cm³/mol. The summed E-state index contributed by atoms with van der Waals surface area (Å²) >= 11 is 0. The smallest absolute Gasteiger partial charge is 0.323 e. The number of carboxylic acids is 1. The highest BCUT2D eigenvalue weighted by Gasteiger charge is 2.43. The number of aromatic nitrogens is 1. The van der Waals surface area contributed by atoms with E-state index < -0.39 is 11.5 Å². The van der Waals surface area contributed by atoms with Crippen LogP contribution < -0.4 is 0 Å². The lowest BCUT2D eigenvalue weighted by atomic mass is 9.98. The number of hydrogen-bond donors (Lipinski definition) is 1. The van der Waals surface area contributed by atoms with Crippen LogP contribution in [0, 0.1) is 6.92 Å². The van der Waals surface area contributed by atoms with Crippen LogP contribution in [0.2, 0.25) is 0 Å². The minimum absolute atomic E-state index is 0.659. The van der Waals surface area contributed by atoms with Crippen LogP contribution in [-0.4, -0.2) is 33.0 Å². The monoisotopic (exact) mass is 284 g/mol. The summed E-state index contributed by atoms with van der Waals surface area (Å²) in [5.74, 6) is -0.727. The van der Waals surface area contributed by atoms with Gasteiger partial charge >= 0.3 is 5.97 Å². The molecule has 1 aromatic heterocycles. The molecule has 4 heteroatoms. The number of benzene rings is 1. The van der Waals surface area contributed by atoms with Crippen molar-refractivity contribution in [1.82, 2.24) is 9.88 Å². The van der Waals surface area contributed by atoms with Gasteiger partial charge in [-0.2, -0.15) is 0 Å². The molecule has 1 aliphatic heterocycles. The van der Waals surface area contributed by atoms with E-state index in [9.17, 15) is 9.90 Å². The molecule has 0 amide bonds. The molecule has 2 heterocycles. The van der Waals surface area contributed by atoms with Crippen molar-refractivity contribution in [3.05, 3.63) is 41.6 Å². The third-order valence-electron chi connectivity index (χ3n) is 4.54. The molecule has 2 aromatic rings. The van der Waals surface area contributed by atoms with Crippen LogP contribution in [0.5, 0.6) is 0 Å². The zero-order valence-corrected chi connectivity index (χ0v) is 12.5. The maximum absolute atomic E-state index is 11.6. The standard InChI is InChI=1S/C17H20N2O2/c1-12-10-13(14-6-3-4-7-15(14)18-12)11-19-9-5-8-17(19,2)16(20)21/h3-4,6-7,10H,5,8-9,11H2,1-2H3,(H,20,21). The molecule has 1 aliphatic rings. The number of carboxylic acid groups (broad SMARTS) is 1. The van der Waals surface area contributed by atoms with E-state index >= 15 is 0 Å². The molecule has 1 aromatic carbocycles. The molecule has 1 N–H and O–H groups in total. The maximum atomic E-state index is 11.6. The van der Waals surface area contributed by atoms with E-state index in [1.807, 2.05) is 32.0 Å². The molecule has 1 saturated heterocycles. The number of para-hydroxylation sites is 1. The molecule has 1 atom stereocenters. The summed E-state index contributed by atoms with van der Waals surface area (Å²) in [7, 11) is 0. The van der Waals surface area contributed by atoms with Crippen molar-refractivity contribution in [3.63, 3.8) is 0 Å². The molecule has 0 radical (unpaired) electrons. The molecule has 0 saturated carbocycles. The normalized spacial score (nSPS) is 22.8. The van der Waals surface area contributed by atoms with Gasteiger partial charge in [-0.15, -0.1) is 0 Å². The molecular weight excluding hydrogens is 264 g/mol. The summed E-state index contributed by atoms with van der Waals surface area (Å²) in [6.45, 7) is 5.31. The van der Waals surface area contributed by atoms with Gasteiger partial charge in [0.25, 0.3) is 0 Å². The highest BCUT2D eigenvalue weighted by molar-refractivity contribution is 5.83. The maximum Gasteiger partial charge on any atom is 0.323 e. The molecular formula is C17H20N2O2. The van der Waals surface area contributed by atoms with E-state index in [2.05, 4.69) is 22.0 Å². The molecule has 4 nitrogen and oxygen atoms in total. The fourth-order valence-electron chi connectivity index (χ4n) is 3.25. The topological polar surface area (TPSA) is 53.4 Å². The number of aryl methyl sites for hydroxylation is 1. The number of nitrogens with zero attached hydrogens (tertiary/aromatic N) is 2. The predicted octanol–water partition coefficient (Wildman–Crippen LogP) is 2.98. The van der Waals surface area contributed by atoms with Crippen molar-refractivity contribution < 1.29 is 9.90 Å². The van der Waals surface area contributed by atoms with Crippen LogP contribution >= 0.6 is 0 Å². The minimum atomic E-state index is -0.752. The van der Waals surface area contributed by atoms with Gasteiger partial charge < -0.3 is 5.11 Å². The Labute approximate surface area is 124 Å². The lowest BCUT2D eigenvalue weighted by molar-refractivity contribution is -0.148. The van der Waals surface area contributed by atoms with Crippen LogP contribution in [0.25, 0.3) is 10.9 Å². The molecule has 1 unspecified atom stereocenters. The second-order valence-corrected chi connectivity index (χ2v) is 6.04. The van der Waals surface area contributed by atoms with Gasteiger partial charge in [0.15, 0.2) is 0 Å². The molecule has 0 aliphatic carbocycles. The Morgan fingerprint density at radius 1 is 1.43 bits per heavy atom. The SMILES string of the molecule is Cc1cc(CN2CCCC2(C)C(=O)O)c2ccccc2n1. The Bertz CT molecular complexity index is 698. The summed E-state index contributed by atoms with van der Waals surface area (Å²) in [5.41, 5.74) is 2.36. The van der Waals surface area contributed by atoms with E-state index in [0.717, 1.165) is 35.1 Å². The van der Waals surface area contributed by atoms with E-state index in [-0.39, 0.29) is 0 Å². The number of aliphatic carboxylic acids is 1. The van der Waals surface area contributed by atoms with Crippen molar-refractivity contribution in [2.45, 2.75) is 38.8 Å². The van der Waals surface area contributed by atoms with E-state index in [1.165, 1.54) is 0 Å². The molecule has 110 valence electrons. The molecule has 0 spiro atoms. The average molecular weight is 284 g/mol. The van der Waals surface area contributed by atoms with E-state index in [0.29, 0.717) is 13.0 Å². The Morgan fingerprint density at radius 2 is 2.19 bits per heavy atom. The van der Waals surface area contributed by atoms with Gasteiger partial charge in [-0.1, -0.05) is 18.2 Å². The quantitative estimate of drug-likeness (QED) is 0.941. The fourth-order valence-corrected chi connectivity index (χ4v) is 3.25. The third-order valence-corrected chi connectivity index (χ3v) is 4.54. The molecule has 0 bridgehead atoms. The summed E-state index contributed by atoms with van der Waals surface area (Å²) in [4.78, 5) is 18.2. The Balaban J connectivity index is 2.00. The summed E-state index contributed by atoms with van der Waals surface area (Å²) in [6, 6.07) is 10.1. The second-order valence-electron chi connectivity index (χ2n) is 6.04. The summed E-state index contributed by atoms with van der Waals surface area (Å²) in [5, 5.41) is 10.6. The van der Waals surface area contributed by atoms with Gasteiger partial charge in [-0.05, 0) is 50.9 Å². The summed E-state index contributed by atoms with van der Waals surface area (Å²) in [6.07, 6.45) is 1.65. The number of carbonyl (C=O) groups is 1. The average Bonchev–Trinajstić information content (AvgIpc) is 2.81. The highest BCUT2D eigenvalue weighted by atomic mass is 16.4. The van der Waals surface area contributed by atoms with Gasteiger partial charge in [0, 0.05) is 17.6 Å². The van der Waals surface area contributed by atoms with Crippen molar-refractivity contribution in [2.24, 2.45) is 0 Å². The summed E-state index contributed by atoms with van der Waals surface area (Å²) < 4.78 is 0. The zero-order valence-electron chi connectivity index (χ0n) is 12.5. The lowest BCUT2D eigenvalue weighted by Gasteiger charge is -2.31. The highest BCUT2D eigenvalue weighted by Crippen LogP contribution is 2.32. The number of rotatable bonds is 3. The van der Waals surface area contributed by atoms with Crippen LogP contribution in [0.4, 0.5) is 0 Å². The van der Waals surface area contributed by atoms with Gasteiger partial charge in [-0.25, -0.2) is 0 Å². The minimum Gasteiger partial charge on any atom is -0.480 e. The largest absolute Gasteiger partial charge is 0.480 e. The first-order valence-electron chi connectivity index (χ1n) is 7.34. The van der Waals surface area contributed by atoms with Gasteiger partial charge in [0.05, 0.1) is 5.52 Å². The van der Waals surface area contributed by atoms with Crippen molar-refractivity contribution in [1.29, 1.82) is 0 Å². The van der Waals surface area contributed by atoms with Crippen molar-refractivity contribution in [3.8, 4) is 0 Å². The first-order valence-corrected chi connectivity index (χ1v) is 7.34. The van der Waals surface area contributed by atoms with Crippen LogP contribution in [0.15, 0.2) is 30.3 Å². The Morgan fingerprint density at radius 3 is 2.95 bits per heavy atom. The zero-order chi connectivity index (χ0) is 15.0. The number of pyridine rings is 1. The number of likely N-dealkylation sites (tertiary alicyclic amines) is 1.